The molecule has 3 aromatic rings. The first-order valence-corrected chi connectivity index (χ1v) is 11.5. The maximum atomic E-state index is 9.65. The van der Waals surface area contributed by atoms with E-state index in [0.29, 0.717) is 6.61 Å². The van der Waals surface area contributed by atoms with Crippen LogP contribution in [0.25, 0.3) is 22.3 Å². The highest BCUT2D eigenvalue weighted by atomic mass is 16.6. The molecule has 0 saturated carbocycles. The molecular formula is C30H34O3. The largest absolute Gasteiger partial charge is 0.392 e. The van der Waals surface area contributed by atoms with Gasteiger partial charge >= 0.3 is 0 Å². The summed E-state index contributed by atoms with van der Waals surface area (Å²) in [6.07, 6.45) is 4.55. The lowest BCUT2D eigenvalue weighted by molar-refractivity contribution is -0.0769. The van der Waals surface area contributed by atoms with Crippen molar-refractivity contribution in [3.63, 3.8) is 0 Å². The SMILES string of the molecule is C=CCCc1ccc(-c2ccc(-c3ccc(CCCOC(O)C(=C)CO)cc3)c(C)c2)cc1. The molecule has 3 nitrogen and oxygen atoms in total. The highest BCUT2D eigenvalue weighted by molar-refractivity contribution is 5.73. The molecule has 0 bridgehead atoms. The van der Waals surface area contributed by atoms with Crippen molar-refractivity contribution in [2.75, 3.05) is 13.2 Å². The van der Waals surface area contributed by atoms with Crippen molar-refractivity contribution < 1.29 is 14.9 Å². The Hall–Kier alpha value is -2.98. The van der Waals surface area contributed by atoms with Crippen molar-refractivity contribution in [1.29, 1.82) is 0 Å². The van der Waals surface area contributed by atoms with Crippen LogP contribution in [0, 0.1) is 6.92 Å². The molecule has 0 aliphatic heterocycles. The lowest BCUT2D eigenvalue weighted by atomic mass is 9.94. The lowest BCUT2D eigenvalue weighted by Crippen LogP contribution is -2.17. The van der Waals surface area contributed by atoms with Gasteiger partial charge in [0, 0.05) is 5.57 Å². The molecular weight excluding hydrogens is 408 g/mol. The molecule has 3 rings (SSSR count). The normalized spacial score (nSPS) is 11.8. The highest BCUT2D eigenvalue weighted by Gasteiger charge is 2.08. The second-order valence-electron chi connectivity index (χ2n) is 8.39. The number of aliphatic hydroxyl groups excluding tert-OH is 2. The Morgan fingerprint density at radius 1 is 0.909 bits per heavy atom. The van der Waals surface area contributed by atoms with Crippen LogP contribution in [0.5, 0.6) is 0 Å². The fourth-order valence-electron chi connectivity index (χ4n) is 3.82. The third-order valence-electron chi connectivity index (χ3n) is 5.85. The Balaban J connectivity index is 1.59. The van der Waals surface area contributed by atoms with E-state index < -0.39 is 6.29 Å². The maximum absolute atomic E-state index is 9.65. The Kier molecular flexibility index (Phi) is 9.20. The minimum absolute atomic E-state index is 0.272. The van der Waals surface area contributed by atoms with Crippen molar-refractivity contribution in [2.24, 2.45) is 0 Å². The first kappa shape index (κ1) is 24.7. The van der Waals surface area contributed by atoms with Crippen molar-refractivity contribution >= 4 is 0 Å². The van der Waals surface area contributed by atoms with Crippen molar-refractivity contribution in [2.45, 2.75) is 38.9 Å². The predicted octanol–water partition coefficient (Wildman–Crippen LogP) is 6.26. The van der Waals surface area contributed by atoms with Gasteiger partial charge in [-0.15, -0.1) is 6.58 Å². The second kappa shape index (κ2) is 12.3. The summed E-state index contributed by atoms with van der Waals surface area (Å²) in [7, 11) is 0. The second-order valence-corrected chi connectivity index (χ2v) is 8.39. The van der Waals surface area contributed by atoms with Gasteiger partial charge in [0.2, 0.25) is 0 Å². The summed E-state index contributed by atoms with van der Waals surface area (Å²) in [5.41, 5.74) is 9.00. The van der Waals surface area contributed by atoms with Gasteiger partial charge in [-0.3, -0.25) is 0 Å². The van der Waals surface area contributed by atoms with E-state index in [2.05, 4.69) is 86.8 Å². The van der Waals surface area contributed by atoms with Crippen LogP contribution < -0.4 is 0 Å². The van der Waals surface area contributed by atoms with Crippen LogP contribution in [-0.4, -0.2) is 29.7 Å². The third kappa shape index (κ3) is 7.00. The number of ether oxygens (including phenoxy) is 1. The Bertz CT molecular complexity index is 1050. The molecule has 1 atom stereocenters. The minimum atomic E-state index is -1.10. The number of allylic oxidation sites excluding steroid dienone is 1. The third-order valence-corrected chi connectivity index (χ3v) is 5.85. The van der Waals surface area contributed by atoms with Gasteiger partial charge in [-0.05, 0) is 71.6 Å². The molecule has 1 unspecified atom stereocenters. The van der Waals surface area contributed by atoms with E-state index in [1.807, 2.05) is 6.08 Å². The zero-order chi connectivity index (χ0) is 23.6. The van der Waals surface area contributed by atoms with E-state index in [1.54, 1.807) is 0 Å². The molecule has 3 aromatic carbocycles. The summed E-state index contributed by atoms with van der Waals surface area (Å²) in [4.78, 5) is 0. The fraction of sp³-hybridized carbons (Fsp3) is 0.267. The molecule has 0 spiro atoms. The van der Waals surface area contributed by atoms with E-state index in [4.69, 9.17) is 9.84 Å². The number of rotatable bonds is 12. The maximum Gasteiger partial charge on any atom is 0.179 e. The van der Waals surface area contributed by atoms with E-state index in [0.717, 1.165) is 25.7 Å². The van der Waals surface area contributed by atoms with Gasteiger partial charge < -0.3 is 14.9 Å². The molecule has 0 aliphatic rings. The number of hydrogen-bond acceptors (Lipinski definition) is 3. The molecule has 172 valence electrons. The van der Waals surface area contributed by atoms with E-state index in [9.17, 15) is 5.11 Å². The zero-order valence-electron chi connectivity index (χ0n) is 19.5. The van der Waals surface area contributed by atoms with E-state index in [-0.39, 0.29) is 12.2 Å². The fourth-order valence-corrected chi connectivity index (χ4v) is 3.82. The van der Waals surface area contributed by atoms with Crippen LogP contribution >= 0.6 is 0 Å². The summed E-state index contributed by atoms with van der Waals surface area (Å²) in [6.45, 7) is 9.66. The van der Waals surface area contributed by atoms with Crippen molar-refractivity contribution in [3.05, 3.63) is 108 Å². The van der Waals surface area contributed by atoms with Gasteiger partial charge in [-0.25, -0.2) is 0 Å². The number of hydrogen-bond donors (Lipinski definition) is 2. The first-order valence-electron chi connectivity index (χ1n) is 11.5. The van der Waals surface area contributed by atoms with E-state index in [1.165, 1.54) is 38.9 Å². The van der Waals surface area contributed by atoms with Crippen LogP contribution in [0.4, 0.5) is 0 Å². The molecule has 0 fully saturated rings. The van der Waals surface area contributed by atoms with Gasteiger partial charge in [-0.1, -0.05) is 79.4 Å². The summed E-state index contributed by atoms with van der Waals surface area (Å²) in [6, 6.07) is 24.1. The van der Waals surface area contributed by atoms with Crippen molar-refractivity contribution in [3.8, 4) is 22.3 Å². The molecule has 0 heterocycles. The minimum Gasteiger partial charge on any atom is -0.392 e. The number of aliphatic hydroxyl groups is 2. The lowest BCUT2D eigenvalue weighted by Gasteiger charge is -2.13. The monoisotopic (exact) mass is 442 g/mol. The Morgan fingerprint density at radius 3 is 2.12 bits per heavy atom. The van der Waals surface area contributed by atoms with Gasteiger partial charge in [0.15, 0.2) is 6.29 Å². The van der Waals surface area contributed by atoms with Crippen LogP contribution in [0.3, 0.4) is 0 Å². The number of aryl methyl sites for hydroxylation is 3. The first-order chi connectivity index (χ1) is 16.0. The van der Waals surface area contributed by atoms with Crippen LogP contribution in [-0.2, 0) is 17.6 Å². The average Bonchev–Trinajstić information content (AvgIpc) is 2.85. The molecule has 0 aliphatic carbocycles. The predicted molar refractivity (Wildman–Crippen MR) is 137 cm³/mol. The molecule has 2 N–H and O–H groups in total. The molecule has 0 aromatic heterocycles. The molecule has 3 heteroatoms. The van der Waals surface area contributed by atoms with Crippen LogP contribution in [0.15, 0.2) is 91.5 Å². The van der Waals surface area contributed by atoms with E-state index >= 15 is 0 Å². The smallest absolute Gasteiger partial charge is 0.179 e. The van der Waals surface area contributed by atoms with Gasteiger partial charge in [0.1, 0.15) is 0 Å². The summed E-state index contributed by atoms with van der Waals surface area (Å²) >= 11 is 0. The van der Waals surface area contributed by atoms with Crippen LogP contribution in [0.1, 0.15) is 29.5 Å². The molecule has 0 amide bonds. The van der Waals surface area contributed by atoms with Gasteiger partial charge in [-0.2, -0.15) is 0 Å². The molecule has 33 heavy (non-hydrogen) atoms. The quantitative estimate of drug-likeness (QED) is 0.198. The highest BCUT2D eigenvalue weighted by Crippen LogP contribution is 2.29. The standard InChI is InChI=1S/C30H34O3/c1-4-5-7-24-9-13-26(14-10-24)28-17-18-29(22(2)20-28)27-15-11-25(12-16-27)8-6-19-33-30(32)23(3)21-31/h4,9-18,20,30-32H,1,3,5-8,19,21H2,2H3. The molecule has 0 radical (unpaired) electrons. The van der Waals surface area contributed by atoms with Gasteiger partial charge in [0.05, 0.1) is 13.2 Å². The molecule has 0 saturated heterocycles. The Labute approximate surface area is 197 Å². The number of benzene rings is 3. The zero-order valence-corrected chi connectivity index (χ0v) is 19.5. The topological polar surface area (TPSA) is 49.7 Å². The Morgan fingerprint density at radius 2 is 1.52 bits per heavy atom. The summed E-state index contributed by atoms with van der Waals surface area (Å²) in [5.74, 6) is 0. The summed E-state index contributed by atoms with van der Waals surface area (Å²) in [5, 5.41) is 18.6. The van der Waals surface area contributed by atoms with Crippen LogP contribution in [0.2, 0.25) is 0 Å². The summed E-state index contributed by atoms with van der Waals surface area (Å²) < 4.78 is 5.29. The van der Waals surface area contributed by atoms with Crippen molar-refractivity contribution in [1.82, 2.24) is 0 Å². The average molecular weight is 443 g/mol. The van der Waals surface area contributed by atoms with Gasteiger partial charge in [0.25, 0.3) is 0 Å².